The minimum atomic E-state index is 0.292. The van der Waals surface area contributed by atoms with Crippen molar-refractivity contribution in [2.24, 2.45) is 5.92 Å². The quantitative estimate of drug-likeness (QED) is 0.654. The highest BCUT2D eigenvalue weighted by Crippen LogP contribution is 2.30. The standard InChI is InChI=1S/C10H21NO/c1-11(8-9-12)7-3-6-10-4-2-5-10/h10,12H,2-9H2,1H3. The smallest absolute Gasteiger partial charge is 0.0558 e. The van der Waals surface area contributed by atoms with Crippen LogP contribution in [0.1, 0.15) is 32.1 Å². The van der Waals surface area contributed by atoms with Gasteiger partial charge < -0.3 is 10.0 Å². The van der Waals surface area contributed by atoms with E-state index >= 15 is 0 Å². The van der Waals surface area contributed by atoms with Crippen LogP contribution >= 0.6 is 0 Å². The van der Waals surface area contributed by atoms with Crippen molar-refractivity contribution in [3.8, 4) is 0 Å². The molecule has 0 amide bonds. The zero-order valence-electron chi connectivity index (χ0n) is 8.13. The van der Waals surface area contributed by atoms with E-state index in [-0.39, 0.29) is 0 Å². The summed E-state index contributed by atoms with van der Waals surface area (Å²) in [5.41, 5.74) is 0. The maximum Gasteiger partial charge on any atom is 0.0558 e. The van der Waals surface area contributed by atoms with Crippen LogP contribution in [0.2, 0.25) is 0 Å². The van der Waals surface area contributed by atoms with Gasteiger partial charge in [-0.15, -0.1) is 0 Å². The van der Waals surface area contributed by atoms with Crippen molar-refractivity contribution in [1.82, 2.24) is 4.90 Å². The molecule has 0 bridgehead atoms. The van der Waals surface area contributed by atoms with Gasteiger partial charge in [-0.1, -0.05) is 19.3 Å². The van der Waals surface area contributed by atoms with Crippen molar-refractivity contribution in [2.45, 2.75) is 32.1 Å². The molecule has 0 spiro atoms. The maximum absolute atomic E-state index is 8.66. The van der Waals surface area contributed by atoms with E-state index in [2.05, 4.69) is 11.9 Å². The SMILES string of the molecule is CN(CCO)CCCC1CCC1. The molecule has 2 heteroatoms. The van der Waals surface area contributed by atoms with E-state index in [0.29, 0.717) is 6.61 Å². The lowest BCUT2D eigenvalue weighted by Crippen LogP contribution is -2.24. The second-order valence-corrected chi connectivity index (χ2v) is 3.97. The van der Waals surface area contributed by atoms with E-state index in [0.717, 1.165) is 19.0 Å². The molecular formula is C10H21NO. The minimum absolute atomic E-state index is 0.292. The highest BCUT2D eigenvalue weighted by Gasteiger charge is 2.16. The van der Waals surface area contributed by atoms with Gasteiger partial charge in [-0.2, -0.15) is 0 Å². The lowest BCUT2D eigenvalue weighted by Gasteiger charge is -2.26. The molecule has 1 fully saturated rings. The third-order valence-corrected chi connectivity index (χ3v) is 2.86. The summed E-state index contributed by atoms with van der Waals surface area (Å²) in [5.74, 6) is 1.03. The van der Waals surface area contributed by atoms with Crippen LogP contribution < -0.4 is 0 Å². The van der Waals surface area contributed by atoms with Crippen LogP contribution in [-0.2, 0) is 0 Å². The lowest BCUT2D eigenvalue weighted by molar-refractivity contribution is 0.209. The highest BCUT2D eigenvalue weighted by atomic mass is 16.3. The number of rotatable bonds is 6. The lowest BCUT2D eigenvalue weighted by atomic mass is 9.82. The van der Waals surface area contributed by atoms with Crippen molar-refractivity contribution in [1.29, 1.82) is 0 Å². The van der Waals surface area contributed by atoms with Gasteiger partial charge in [-0.05, 0) is 32.4 Å². The fourth-order valence-electron chi connectivity index (χ4n) is 1.71. The van der Waals surface area contributed by atoms with Gasteiger partial charge in [0.05, 0.1) is 6.61 Å². The molecule has 0 heterocycles. The molecule has 0 aromatic carbocycles. The van der Waals surface area contributed by atoms with Crippen LogP contribution in [0.3, 0.4) is 0 Å². The van der Waals surface area contributed by atoms with Crippen LogP contribution in [0, 0.1) is 5.92 Å². The van der Waals surface area contributed by atoms with Crippen molar-refractivity contribution in [3.05, 3.63) is 0 Å². The second-order valence-electron chi connectivity index (χ2n) is 3.97. The van der Waals surface area contributed by atoms with Crippen molar-refractivity contribution < 1.29 is 5.11 Å². The number of aliphatic hydroxyl groups is 1. The molecule has 0 atom stereocenters. The average molecular weight is 171 g/mol. The molecule has 1 aliphatic rings. The van der Waals surface area contributed by atoms with Crippen LogP contribution in [0.15, 0.2) is 0 Å². The Labute approximate surface area is 75.6 Å². The molecule has 2 nitrogen and oxygen atoms in total. The number of hydrogen-bond acceptors (Lipinski definition) is 2. The highest BCUT2D eigenvalue weighted by molar-refractivity contribution is 4.69. The predicted octanol–water partition coefficient (Wildman–Crippen LogP) is 1.49. The zero-order valence-corrected chi connectivity index (χ0v) is 8.13. The van der Waals surface area contributed by atoms with Gasteiger partial charge in [-0.25, -0.2) is 0 Å². The molecule has 0 unspecified atom stereocenters. The van der Waals surface area contributed by atoms with Gasteiger partial charge in [0.2, 0.25) is 0 Å². The van der Waals surface area contributed by atoms with E-state index in [1.807, 2.05) is 0 Å². The summed E-state index contributed by atoms with van der Waals surface area (Å²) >= 11 is 0. The summed E-state index contributed by atoms with van der Waals surface area (Å²) in [6.07, 6.45) is 7.08. The summed E-state index contributed by atoms with van der Waals surface area (Å²) < 4.78 is 0. The summed E-state index contributed by atoms with van der Waals surface area (Å²) in [4.78, 5) is 2.21. The first-order valence-corrected chi connectivity index (χ1v) is 5.12. The van der Waals surface area contributed by atoms with Crippen LogP contribution in [0.25, 0.3) is 0 Å². The number of aliphatic hydroxyl groups excluding tert-OH is 1. The number of likely N-dealkylation sites (N-methyl/N-ethyl adjacent to an activating group) is 1. The first kappa shape index (κ1) is 10.0. The largest absolute Gasteiger partial charge is 0.395 e. The fraction of sp³-hybridized carbons (Fsp3) is 1.00. The van der Waals surface area contributed by atoms with Gasteiger partial charge in [0.1, 0.15) is 0 Å². The Kier molecular flexibility index (Phi) is 4.62. The molecule has 1 N–H and O–H groups in total. The van der Waals surface area contributed by atoms with Crippen molar-refractivity contribution in [3.63, 3.8) is 0 Å². The monoisotopic (exact) mass is 171 g/mol. The zero-order chi connectivity index (χ0) is 8.81. The number of nitrogens with zero attached hydrogens (tertiary/aromatic N) is 1. The van der Waals surface area contributed by atoms with Crippen molar-refractivity contribution in [2.75, 3.05) is 26.7 Å². The summed E-state index contributed by atoms with van der Waals surface area (Å²) in [5, 5.41) is 8.66. The van der Waals surface area contributed by atoms with Gasteiger partial charge in [0, 0.05) is 6.54 Å². The van der Waals surface area contributed by atoms with Gasteiger partial charge in [-0.3, -0.25) is 0 Å². The first-order valence-electron chi connectivity index (χ1n) is 5.12. The summed E-state index contributed by atoms with van der Waals surface area (Å²) in [7, 11) is 2.08. The molecule has 1 rings (SSSR count). The predicted molar refractivity (Wildman–Crippen MR) is 51.2 cm³/mol. The Bertz CT molecular complexity index is 112. The molecule has 0 aromatic heterocycles. The van der Waals surface area contributed by atoms with Crippen LogP contribution in [0.5, 0.6) is 0 Å². The van der Waals surface area contributed by atoms with E-state index < -0.39 is 0 Å². The average Bonchev–Trinajstić information content (AvgIpc) is 1.95. The minimum Gasteiger partial charge on any atom is -0.395 e. The Hall–Kier alpha value is -0.0800. The van der Waals surface area contributed by atoms with Gasteiger partial charge >= 0.3 is 0 Å². The molecule has 0 saturated heterocycles. The Morgan fingerprint density at radius 1 is 1.33 bits per heavy atom. The third-order valence-electron chi connectivity index (χ3n) is 2.86. The molecule has 12 heavy (non-hydrogen) atoms. The van der Waals surface area contributed by atoms with E-state index in [1.54, 1.807) is 0 Å². The maximum atomic E-state index is 8.66. The Morgan fingerprint density at radius 3 is 2.58 bits per heavy atom. The third kappa shape index (κ3) is 3.55. The molecule has 0 aromatic rings. The Balaban J connectivity index is 1.86. The van der Waals surface area contributed by atoms with Crippen LogP contribution in [0.4, 0.5) is 0 Å². The van der Waals surface area contributed by atoms with Crippen LogP contribution in [-0.4, -0.2) is 36.8 Å². The second kappa shape index (κ2) is 5.55. The van der Waals surface area contributed by atoms with E-state index in [9.17, 15) is 0 Å². The first-order chi connectivity index (χ1) is 5.83. The molecule has 1 saturated carbocycles. The van der Waals surface area contributed by atoms with Gasteiger partial charge in [0.25, 0.3) is 0 Å². The molecule has 0 radical (unpaired) electrons. The summed E-state index contributed by atoms with van der Waals surface area (Å²) in [6.45, 7) is 2.27. The molecular weight excluding hydrogens is 150 g/mol. The normalized spacial score (nSPS) is 18.2. The molecule has 1 aliphatic carbocycles. The molecule has 0 aliphatic heterocycles. The summed E-state index contributed by atoms with van der Waals surface area (Å²) in [6, 6.07) is 0. The van der Waals surface area contributed by atoms with E-state index in [4.69, 9.17) is 5.11 Å². The molecule has 72 valence electrons. The fourth-order valence-corrected chi connectivity index (χ4v) is 1.71. The van der Waals surface area contributed by atoms with Crippen molar-refractivity contribution >= 4 is 0 Å². The Morgan fingerprint density at radius 2 is 2.08 bits per heavy atom. The van der Waals surface area contributed by atoms with Gasteiger partial charge in [0.15, 0.2) is 0 Å². The number of hydrogen-bond donors (Lipinski definition) is 1. The topological polar surface area (TPSA) is 23.5 Å². The van der Waals surface area contributed by atoms with E-state index in [1.165, 1.54) is 32.1 Å².